The van der Waals surface area contributed by atoms with Gasteiger partial charge in [-0.15, -0.1) is 0 Å². The number of aromatic nitrogens is 1. The first-order chi connectivity index (χ1) is 11.5. The van der Waals surface area contributed by atoms with Crippen molar-refractivity contribution in [2.45, 2.75) is 11.4 Å². The summed E-state index contributed by atoms with van der Waals surface area (Å²) < 4.78 is 54.1. The van der Waals surface area contributed by atoms with Crippen LogP contribution in [0.4, 0.5) is 8.78 Å². The summed E-state index contributed by atoms with van der Waals surface area (Å²) in [4.78, 5) is 3.27. The summed E-state index contributed by atoms with van der Waals surface area (Å²) in [7, 11) is -4.33. The Labute approximate surface area is 141 Å². The zero-order valence-electron chi connectivity index (χ0n) is 12.2. The van der Waals surface area contributed by atoms with Gasteiger partial charge in [0, 0.05) is 23.7 Å². The largest absolute Gasteiger partial charge is 0.256 e. The molecule has 2 heterocycles. The van der Waals surface area contributed by atoms with Gasteiger partial charge in [0.05, 0.1) is 5.69 Å². The third-order valence-corrected chi connectivity index (χ3v) is 5.46. The van der Waals surface area contributed by atoms with Crippen LogP contribution in [0.25, 0.3) is 11.3 Å². The predicted octanol–water partition coefficient (Wildman–Crippen LogP) is 3.57. The van der Waals surface area contributed by atoms with Gasteiger partial charge in [-0.05, 0) is 35.2 Å². The lowest BCUT2D eigenvalue weighted by atomic mass is 10.1. The molecule has 24 heavy (non-hydrogen) atoms. The minimum Gasteiger partial charge on any atom is -0.256 e. The molecule has 0 radical (unpaired) electrons. The molecule has 3 aromatic rings. The van der Waals surface area contributed by atoms with Gasteiger partial charge in [0.25, 0.3) is 0 Å². The second-order valence-electron chi connectivity index (χ2n) is 4.90. The fourth-order valence-corrected chi connectivity index (χ4v) is 4.00. The van der Waals surface area contributed by atoms with Gasteiger partial charge < -0.3 is 0 Å². The first-order valence-corrected chi connectivity index (χ1v) is 9.32. The maximum absolute atomic E-state index is 13.7. The second-order valence-corrected chi connectivity index (χ2v) is 7.38. The molecule has 0 aliphatic heterocycles. The Balaban J connectivity index is 1.89. The Morgan fingerprint density at radius 3 is 2.50 bits per heavy atom. The Kier molecular flexibility index (Phi) is 4.70. The first kappa shape index (κ1) is 16.7. The van der Waals surface area contributed by atoms with E-state index in [4.69, 9.17) is 0 Å². The Morgan fingerprint density at radius 1 is 1.08 bits per heavy atom. The van der Waals surface area contributed by atoms with Crippen molar-refractivity contribution in [3.8, 4) is 11.3 Å². The van der Waals surface area contributed by atoms with Crippen molar-refractivity contribution < 1.29 is 17.2 Å². The second kappa shape index (κ2) is 6.76. The fraction of sp³-hybridized carbons (Fsp3) is 0.0625. The Hall–Kier alpha value is -2.16. The summed E-state index contributed by atoms with van der Waals surface area (Å²) in [6.45, 7) is -0.130. The molecule has 0 saturated heterocycles. The van der Waals surface area contributed by atoms with E-state index in [9.17, 15) is 17.2 Å². The number of nitrogens with one attached hydrogen (secondary N) is 1. The van der Waals surface area contributed by atoms with Crippen molar-refractivity contribution in [2.75, 3.05) is 0 Å². The van der Waals surface area contributed by atoms with Gasteiger partial charge in [0.15, 0.2) is 4.90 Å². The van der Waals surface area contributed by atoms with Crippen molar-refractivity contribution >= 4 is 21.4 Å². The zero-order valence-corrected chi connectivity index (χ0v) is 13.9. The van der Waals surface area contributed by atoms with Gasteiger partial charge in [0.2, 0.25) is 10.0 Å². The topological polar surface area (TPSA) is 59.1 Å². The molecule has 0 aliphatic rings. The number of pyridine rings is 1. The van der Waals surface area contributed by atoms with Crippen molar-refractivity contribution in [1.82, 2.24) is 9.71 Å². The highest BCUT2D eigenvalue weighted by Gasteiger charge is 2.23. The molecule has 0 amide bonds. The minimum absolute atomic E-state index is 0.130. The average molecular weight is 366 g/mol. The molecule has 124 valence electrons. The smallest absolute Gasteiger partial charge is 0.246 e. The van der Waals surface area contributed by atoms with Crippen LogP contribution in [0.3, 0.4) is 0 Å². The highest BCUT2D eigenvalue weighted by molar-refractivity contribution is 7.89. The van der Waals surface area contributed by atoms with Crippen LogP contribution in [0.15, 0.2) is 58.3 Å². The molecule has 0 spiro atoms. The number of sulfonamides is 1. The van der Waals surface area contributed by atoms with E-state index in [2.05, 4.69) is 9.71 Å². The minimum atomic E-state index is -4.33. The maximum Gasteiger partial charge on any atom is 0.246 e. The monoisotopic (exact) mass is 366 g/mol. The molecule has 0 unspecified atom stereocenters. The number of nitrogens with zero attached hydrogens (tertiary/aromatic N) is 1. The number of benzene rings is 1. The molecule has 1 aromatic carbocycles. The molecule has 0 fully saturated rings. The molecule has 3 rings (SSSR count). The zero-order chi connectivity index (χ0) is 17.2. The normalized spacial score (nSPS) is 11.6. The van der Waals surface area contributed by atoms with Crippen LogP contribution in [0.1, 0.15) is 5.56 Å². The quantitative estimate of drug-likeness (QED) is 0.751. The molecular formula is C16H12F2N2O2S2. The summed E-state index contributed by atoms with van der Waals surface area (Å²) in [6.07, 6.45) is 1.60. The number of rotatable bonds is 5. The van der Waals surface area contributed by atoms with Gasteiger partial charge in [0.1, 0.15) is 11.6 Å². The van der Waals surface area contributed by atoms with Crippen molar-refractivity contribution in [1.29, 1.82) is 0 Å². The van der Waals surface area contributed by atoms with E-state index in [1.807, 2.05) is 16.8 Å². The van der Waals surface area contributed by atoms with Crippen LogP contribution in [0.5, 0.6) is 0 Å². The SMILES string of the molecule is O=S(=O)(NCc1cccnc1-c1ccsc1)c1c(F)cccc1F. The lowest BCUT2D eigenvalue weighted by Gasteiger charge is -2.11. The summed E-state index contributed by atoms with van der Waals surface area (Å²) in [5.41, 5.74) is 2.08. The average Bonchev–Trinajstić information content (AvgIpc) is 3.07. The van der Waals surface area contributed by atoms with Gasteiger partial charge in [-0.25, -0.2) is 21.9 Å². The van der Waals surface area contributed by atoms with Crippen molar-refractivity contribution in [2.24, 2.45) is 0 Å². The molecule has 2 aromatic heterocycles. The van der Waals surface area contributed by atoms with Crippen LogP contribution in [-0.4, -0.2) is 13.4 Å². The van der Waals surface area contributed by atoms with E-state index in [1.165, 1.54) is 11.3 Å². The lowest BCUT2D eigenvalue weighted by molar-refractivity contribution is 0.514. The molecule has 0 aliphatic carbocycles. The van der Waals surface area contributed by atoms with Crippen LogP contribution >= 0.6 is 11.3 Å². The van der Waals surface area contributed by atoms with Crippen LogP contribution in [0.2, 0.25) is 0 Å². The number of hydrogen-bond acceptors (Lipinski definition) is 4. The molecule has 1 N–H and O–H groups in total. The highest BCUT2D eigenvalue weighted by atomic mass is 32.2. The number of halogens is 2. The van der Waals surface area contributed by atoms with E-state index in [0.29, 0.717) is 11.3 Å². The number of thiophene rings is 1. The van der Waals surface area contributed by atoms with E-state index < -0.39 is 26.6 Å². The van der Waals surface area contributed by atoms with Crippen LogP contribution < -0.4 is 4.72 Å². The van der Waals surface area contributed by atoms with E-state index >= 15 is 0 Å². The third-order valence-electron chi connectivity index (χ3n) is 3.33. The maximum atomic E-state index is 13.7. The van der Waals surface area contributed by atoms with Gasteiger partial charge in [-0.2, -0.15) is 11.3 Å². The Morgan fingerprint density at radius 2 is 1.83 bits per heavy atom. The first-order valence-electron chi connectivity index (χ1n) is 6.89. The summed E-state index contributed by atoms with van der Waals surface area (Å²) in [5, 5.41) is 3.77. The lowest BCUT2D eigenvalue weighted by Crippen LogP contribution is -2.25. The van der Waals surface area contributed by atoms with Crippen molar-refractivity contribution in [3.05, 3.63) is 70.6 Å². The highest BCUT2D eigenvalue weighted by Crippen LogP contribution is 2.24. The molecular weight excluding hydrogens is 354 g/mol. The third kappa shape index (κ3) is 3.35. The molecule has 0 bridgehead atoms. The summed E-state index contributed by atoms with van der Waals surface area (Å²) in [6, 6.07) is 8.15. The molecule has 4 nitrogen and oxygen atoms in total. The van der Waals surface area contributed by atoms with Crippen LogP contribution in [0, 0.1) is 11.6 Å². The number of hydrogen-bond donors (Lipinski definition) is 1. The fourth-order valence-electron chi connectivity index (χ4n) is 2.22. The van der Waals surface area contributed by atoms with E-state index in [0.717, 1.165) is 23.8 Å². The van der Waals surface area contributed by atoms with Gasteiger partial charge >= 0.3 is 0 Å². The summed E-state index contributed by atoms with van der Waals surface area (Å²) >= 11 is 1.49. The standard InChI is InChI=1S/C16H12F2N2O2S2/c17-13-4-1-5-14(18)16(13)24(21,22)20-9-11-3-2-7-19-15(11)12-6-8-23-10-12/h1-8,10,20H,9H2. The Bertz CT molecular complexity index is 938. The predicted molar refractivity (Wildman–Crippen MR) is 87.9 cm³/mol. The molecule has 8 heteroatoms. The molecule has 0 saturated carbocycles. The van der Waals surface area contributed by atoms with Gasteiger partial charge in [-0.1, -0.05) is 12.1 Å². The van der Waals surface area contributed by atoms with E-state index in [1.54, 1.807) is 18.3 Å². The van der Waals surface area contributed by atoms with Crippen molar-refractivity contribution in [3.63, 3.8) is 0 Å². The summed E-state index contributed by atoms with van der Waals surface area (Å²) in [5.74, 6) is -2.27. The van der Waals surface area contributed by atoms with Crippen LogP contribution in [-0.2, 0) is 16.6 Å². The molecule has 0 atom stereocenters. The van der Waals surface area contributed by atoms with Gasteiger partial charge in [-0.3, -0.25) is 4.98 Å². The van der Waals surface area contributed by atoms with E-state index in [-0.39, 0.29) is 6.54 Å².